The highest BCUT2D eigenvalue weighted by atomic mass is 79.9. The number of nitrogens with zero attached hydrogens (tertiary/aromatic N) is 1. The van der Waals surface area contributed by atoms with E-state index < -0.39 is 6.10 Å². The summed E-state index contributed by atoms with van der Waals surface area (Å²) in [6, 6.07) is 12.7. The van der Waals surface area contributed by atoms with E-state index in [9.17, 15) is 9.90 Å². The third-order valence-electron chi connectivity index (χ3n) is 4.05. The summed E-state index contributed by atoms with van der Waals surface area (Å²) < 4.78 is 1.44. The first-order chi connectivity index (χ1) is 12.0. The van der Waals surface area contributed by atoms with E-state index in [2.05, 4.69) is 55.9 Å². The lowest BCUT2D eigenvalue weighted by atomic mass is 10.1. The quantitative estimate of drug-likeness (QED) is 0.610. The Labute approximate surface area is 165 Å². The van der Waals surface area contributed by atoms with Crippen molar-refractivity contribution in [3.8, 4) is 0 Å². The van der Waals surface area contributed by atoms with E-state index in [-0.39, 0.29) is 5.91 Å². The third-order valence-corrected chi connectivity index (χ3v) is 5.30. The normalized spacial score (nSPS) is 12.2. The second kappa shape index (κ2) is 9.48. The number of halogens is 2. The predicted molar refractivity (Wildman–Crippen MR) is 109 cm³/mol. The Morgan fingerprint density at radius 2 is 1.68 bits per heavy atom. The van der Waals surface area contributed by atoms with Gasteiger partial charge in [0.25, 0.3) is 5.91 Å². The lowest BCUT2D eigenvalue weighted by molar-refractivity contribution is 0.102. The Bertz CT molecular complexity index is 696. The maximum atomic E-state index is 12.4. The Morgan fingerprint density at radius 3 is 2.20 bits per heavy atom. The van der Waals surface area contributed by atoms with Crippen molar-refractivity contribution in [1.29, 1.82) is 0 Å². The number of carbonyl (C=O) groups excluding carboxylic acids is 1. The van der Waals surface area contributed by atoms with E-state index in [1.807, 2.05) is 30.3 Å². The molecule has 0 aromatic heterocycles. The van der Waals surface area contributed by atoms with E-state index in [1.165, 1.54) is 0 Å². The molecule has 2 aromatic rings. The molecular weight excluding hydrogens is 448 g/mol. The molecule has 1 amide bonds. The molecule has 0 bridgehead atoms. The minimum absolute atomic E-state index is 0.182. The molecule has 2 aromatic carbocycles. The van der Waals surface area contributed by atoms with Crippen LogP contribution < -0.4 is 5.32 Å². The van der Waals surface area contributed by atoms with E-state index in [0.29, 0.717) is 17.8 Å². The van der Waals surface area contributed by atoms with Crippen molar-refractivity contribution >= 4 is 43.5 Å². The van der Waals surface area contributed by atoms with E-state index in [0.717, 1.165) is 27.6 Å². The molecule has 2 rings (SSSR count). The number of benzene rings is 2. The van der Waals surface area contributed by atoms with Gasteiger partial charge >= 0.3 is 0 Å². The van der Waals surface area contributed by atoms with E-state index in [4.69, 9.17) is 0 Å². The van der Waals surface area contributed by atoms with Gasteiger partial charge in [0.15, 0.2) is 0 Å². The summed E-state index contributed by atoms with van der Waals surface area (Å²) in [4.78, 5) is 14.5. The van der Waals surface area contributed by atoms with Crippen LogP contribution in [0.25, 0.3) is 0 Å². The van der Waals surface area contributed by atoms with Crippen molar-refractivity contribution in [2.45, 2.75) is 20.0 Å². The van der Waals surface area contributed by atoms with Gasteiger partial charge in [0.2, 0.25) is 0 Å². The molecule has 1 atom stereocenters. The van der Waals surface area contributed by atoms with Gasteiger partial charge in [-0.2, -0.15) is 0 Å². The summed E-state index contributed by atoms with van der Waals surface area (Å²) in [5.74, 6) is -0.182. The zero-order valence-electron chi connectivity index (χ0n) is 14.3. The Hall–Kier alpha value is -1.21. The third kappa shape index (κ3) is 5.38. The van der Waals surface area contributed by atoms with Crippen molar-refractivity contribution in [1.82, 2.24) is 4.90 Å². The zero-order chi connectivity index (χ0) is 18.4. The SMILES string of the molecule is CCN(CC)CC(O)c1cc(Br)c(NC(=O)c2ccccc2)c(Br)c1. The van der Waals surface area contributed by atoms with E-state index >= 15 is 0 Å². The number of nitrogens with one attached hydrogen (secondary N) is 1. The molecule has 134 valence electrons. The minimum atomic E-state index is -0.591. The van der Waals surface area contributed by atoms with Crippen molar-refractivity contribution in [3.05, 3.63) is 62.5 Å². The van der Waals surface area contributed by atoms with Crippen molar-refractivity contribution in [3.63, 3.8) is 0 Å². The number of carbonyl (C=O) groups is 1. The average Bonchev–Trinajstić information content (AvgIpc) is 2.62. The van der Waals surface area contributed by atoms with Gasteiger partial charge in [0.05, 0.1) is 11.8 Å². The lowest BCUT2D eigenvalue weighted by Gasteiger charge is -2.23. The monoisotopic (exact) mass is 468 g/mol. The smallest absolute Gasteiger partial charge is 0.255 e. The second-order valence-electron chi connectivity index (χ2n) is 5.68. The topological polar surface area (TPSA) is 52.6 Å². The van der Waals surface area contributed by atoms with Crippen LogP contribution >= 0.6 is 31.9 Å². The van der Waals surface area contributed by atoms with Crippen LogP contribution in [0.1, 0.15) is 35.9 Å². The fourth-order valence-electron chi connectivity index (χ4n) is 2.51. The van der Waals surface area contributed by atoms with Gasteiger partial charge < -0.3 is 15.3 Å². The maximum absolute atomic E-state index is 12.4. The largest absolute Gasteiger partial charge is 0.387 e. The fourth-order valence-corrected chi connectivity index (χ4v) is 3.93. The standard InChI is InChI=1S/C19H22Br2N2O2/c1-3-23(4-2)12-17(24)14-10-15(20)18(16(21)11-14)22-19(25)13-8-6-5-7-9-13/h5-11,17,24H,3-4,12H2,1-2H3,(H,22,25). The Kier molecular flexibility index (Phi) is 7.62. The van der Waals surface area contributed by atoms with Crippen LogP contribution in [0.2, 0.25) is 0 Å². The van der Waals surface area contributed by atoms with Crippen molar-refractivity contribution in [2.24, 2.45) is 0 Å². The molecular formula is C19H22Br2N2O2. The highest BCUT2D eigenvalue weighted by Crippen LogP contribution is 2.35. The summed E-state index contributed by atoms with van der Waals surface area (Å²) in [5, 5.41) is 13.4. The molecule has 0 fully saturated rings. The highest BCUT2D eigenvalue weighted by Gasteiger charge is 2.17. The summed E-state index contributed by atoms with van der Waals surface area (Å²) in [6.45, 7) is 6.50. The highest BCUT2D eigenvalue weighted by molar-refractivity contribution is 9.11. The van der Waals surface area contributed by atoms with Gasteiger partial charge in [-0.05, 0) is 74.8 Å². The number of rotatable bonds is 7. The molecule has 0 radical (unpaired) electrons. The van der Waals surface area contributed by atoms with Gasteiger partial charge in [0.1, 0.15) is 0 Å². The number of hydrogen-bond donors (Lipinski definition) is 2. The van der Waals surface area contributed by atoms with Crippen molar-refractivity contribution in [2.75, 3.05) is 25.0 Å². The molecule has 0 heterocycles. The molecule has 0 saturated heterocycles. The maximum Gasteiger partial charge on any atom is 0.255 e. The van der Waals surface area contributed by atoms with Crippen molar-refractivity contribution < 1.29 is 9.90 Å². The molecule has 0 aliphatic heterocycles. The Balaban J connectivity index is 2.18. The van der Waals surface area contributed by atoms with Crippen LogP contribution in [0, 0.1) is 0 Å². The molecule has 1 unspecified atom stereocenters. The second-order valence-corrected chi connectivity index (χ2v) is 7.39. The Morgan fingerprint density at radius 1 is 1.12 bits per heavy atom. The zero-order valence-corrected chi connectivity index (χ0v) is 17.5. The number of aliphatic hydroxyl groups excluding tert-OH is 1. The molecule has 0 aliphatic carbocycles. The summed E-state index contributed by atoms with van der Waals surface area (Å²) in [5.41, 5.74) is 2.03. The van der Waals surface area contributed by atoms with Crippen LogP contribution in [0.3, 0.4) is 0 Å². The van der Waals surface area contributed by atoms with E-state index in [1.54, 1.807) is 12.1 Å². The summed E-state index contributed by atoms with van der Waals surface area (Å²) >= 11 is 7.00. The molecule has 4 nitrogen and oxygen atoms in total. The fraction of sp³-hybridized carbons (Fsp3) is 0.316. The van der Waals surface area contributed by atoms with Gasteiger partial charge in [-0.15, -0.1) is 0 Å². The number of amides is 1. The number of aliphatic hydroxyl groups is 1. The van der Waals surface area contributed by atoms with Crippen LogP contribution in [-0.2, 0) is 0 Å². The first-order valence-electron chi connectivity index (χ1n) is 8.22. The molecule has 0 aliphatic rings. The number of likely N-dealkylation sites (N-methyl/N-ethyl adjacent to an activating group) is 1. The number of anilines is 1. The van der Waals surface area contributed by atoms with Gasteiger partial charge in [0, 0.05) is 21.1 Å². The molecule has 0 spiro atoms. The molecule has 2 N–H and O–H groups in total. The summed E-state index contributed by atoms with van der Waals surface area (Å²) in [7, 11) is 0. The summed E-state index contributed by atoms with van der Waals surface area (Å²) in [6.07, 6.45) is -0.591. The lowest BCUT2D eigenvalue weighted by Crippen LogP contribution is -2.28. The van der Waals surface area contributed by atoms with Gasteiger partial charge in [-0.3, -0.25) is 4.79 Å². The minimum Gasteiger partial charge on any atom is -0.387 e. The van der Waals surface area contributed by atoms with Crippen LogP contribution in [0.4, 0.5) is 5.69 Å². The predicted octanol–water partition coefficient (Wildman–Crippen LogP) is 4.84. The van der Waals surface area contributed by atoms with Crippen LogP contribution in [-0.4, -0.2) is 35.5 Å². The number of hydrogen-bond acceptors (Lipinski definition) is 3. The van der Waals surface area contributed by atoms with Gasteiger partial charge in [-0.1, -0.05) is 32.0 Å². The molecule has 25 heavy (non-hydrogen) atoms. The average molecular weight is 470 g/mol. The molecule has 6 heteroatoms. The van der Waals surface area contributed by atoms with Crippen LogP contribution in [0.15, 0.2) is 51.4 Å². The molecule has 0 saturated carbocycles. The first kappa shape index (κ1) is 20.1. The van der Waals surface area contributed by atoms with Crippen LogP contribution in [0.5, 0.6) is 0 Å². The van der Waals surface area contributed by atoms with Gasteiger partial charge in [-0.25, -0.2) is 0 Å². The first-order valence-corrected chi connectivity index (χ1v) is 9.80.